The Hall–Kier alpha value is -0.340. The van der Waals surface area contributed by atoms with E-state index in [1.165, 1.54) is 0 Å². The van der Waals surface area contributed by atoms with E-state index in [9.17, 15) is 21.9 Å². The SMILES string of the molecule is CN(F)S(=O)(=O)N(F)F. The molecule has 0 aliphatic rings. The molecule has 0 saturated carbocycles. The largest absolute Gasteiger partial charge is 0.362 e. The van der Waals surface area contributed by atoms with Crippen molar-refractivity contribution in [3.8, 4) is 0 Å². The maximum Gasteiger partial charge on any atom is 0.362 e. The minimum absolute atomic E-state index is 0.349. The van der Waals surface area contributed by atoms with Gasteiger partial charge in [-0.2, -0.15) is 8.42 Å². The van der Waals surface area contributed by atoms with Gasteiger partial charge in [-0.15, -0.1) is 4.48 Å². The van der Waals surface area contributed by atoms with E-state index in [1.54, 1.807) is 0 Å². The van der Waals surface area contributed by atoms with Gasteiger partial charge in [0.1, 0.15) is 0 Å². The van der Waals surface area contributed by atoms with Crippen molar-refractivity contribution in [2.75, 3.05) is 7.05 Å². The second-order valence-corrected chi connectivity index (χ2v) is 2.75. The Morgan fingerprint density at radius 3 is 1.56 bits per heavy atom. The molecule has 0 N–H and O–H groups in total. The lowest BCUT2D eigenvalue weighted by Gasteiger charge is -2.03. The Morgan fingerprint density at radius 1 is 1.22 bits per heavy atom. The van der Waals surface area contributed by atoms with Crippen LogP contribution >= 0.6 is 0 Å². The smallest absolute Gasteiger partial charge is 0.187 e. The average Bonchev–Trinajstić information content (AvgIpc) is 1.65. The molecule has 0 aromatic rings. The Balaban J connectivity index is 4.42. The molecule has 0 atom stereocenters. The molecule has 0 heterocycles. The van der Waals surface area contributed by atoms with E-state index in [0.29, 0.717) is 7.05 Å². The van der Waals surface area contributed by atoms with Crippen molar-refractivity contribution < 1.29 is 21.9 Å². The Bertz CT molecular complexity index is 160. The highest BCUT2D eigenvalue weighted by Gasteiger charge is 2.27. The lowest BCUT2D eigenvalue weighted by atomic mass is 11.6. The fourth-order valence-electron chi connectivity index (χ4n) is 0.0850. The summed E-state index contributed by atoms with van der Waals surface area (Å²) in [6, 6.07) is 0. The molecule has 0 radical (unpaired) electrons. The molecule has 0 unspecified atom stereocenters. The van der Waals surface area contributed by atoms with Crippen molar-refractivity contribution in [3.05, 3.63) is 0 Å². The second kappa shape index (κ2) is 2.50. The van der Waals surface area contributed by atoms with Gasteiger partial charge in [-0.1, -0.05) is 8.96 Å². The molecule has 0 aliphatic carbocycles. The number of rotatable bonds is 2. The van der Waals surface area contributed by atoms with E-state index in [0.717, 1.165) is 0 Å². The maximum absolute atomic E-state index is 11.5. The highest BCUT2D eigenvalue weighted by Crippen LogP contribution is 2.06. The molecule has 0 amide bonds. The zero-order chi connectivity index (χ0) is 7.65. The zero-order valence-corrected chi connectivity index (χ0v) is 5.07. The van der Waals surface area contributed by atoms with Gasteiger partial charge in [-0.3, -0.25) is 0 Å². The first-order valence-electron chi connectivity index (χ1n) is 1.65. The summed E-state index contributed by atoms with van der Waals surface area (Å²) >= 11 is 0. The fourth-order valence-corrected chi connectivity index (χ4v) is 0.255. The topological polar surface area (TPSA) is 40.6 Å². The minimum atomic E-state index is -5.15. The molecule has 0 bridgehead atoms. The van der Waals surface area contributed by atoms with Crippen LogP contribution in [-0.4, -0.2) is 24.7 Å². The van der Waals surface area contributed by atoms with E-state index in [-0.39, 0.29) is 0 Å². The Morgan fingerprint density at radius 2 is 1.56 bits per heavy atom. The first-order valence-corrected chi connectivity index (χ1v) is 3.05. The lowest BCUT2D eigenvalue weighted by Crippen LogP contribution is -2.27. The number of halogens is 3. The van der Waals surface area contributed by atoms with E-state index >= 15 is 0 Å². The van der Waals surface area contributed by atoms with E-state index in [1.807, 2.05) is 0 Å². The number of nitrogens with zero attached hydrogens (tertiary/aromatic N) is 2. The number of hydrogen-bond acceptors (Lipinski definition) is 2. The maximum atomic E-state index is 11.5. The molecule has 0 aliphatic heterocycles. The van der Waals surface area contributed by atoms with Crippen LogP contribution in [0.15, 0.2) is 0 Å². The quantitative estimate of drug-likeness (QED) is 0.544. The van der Waals surface area contributed by atoms with Crippen LogP contribution in [0.5, 0.6) is 0 Å². The summed E-state index contributed by atoms with van der Waals surface area (Å²) in [6.45, 7) is 0. The minimum Gasteiger partial charge on any atom is -0.187 e. The molecule has 0 aromatic heterocycles. The van der Waals surface area contributed by atoms with Crippen molar-refractivity contribution in [1.82, 2.24) is 9.28 Å². The zero-order valence-electron chi connectivity index (χ0n) is 4.25. The van der Waals surface area contributed by atoms with Crippen molar-refractivity contribution >= 4 is 10.2 Å². The van der Waals surface area contributed by atoms with Crippen LogP contribution in [0.4, 0.5) is 13.4 Å². The molecule has 0 aromatic carbocycles. The Labute approximate surface area is 49.5 Å². The molecule has 56 valence electrons. The van der Waals surface area contributed by atoms with E-state index in [4.69, 9.17) is 0 Å². The molecular formula is CH3F3N2O2S. The van der Waals surface area contributed by atoms with Gasteiger partial charge in [-0.25, -0.2) is 0 Å². The van der Waals surface area contributed by atoms with Gasteiger partial charge in [0.25, 0.3) is 0 Å². The first-order chi connectivity index (χ1) is 3.89. The molecule has 9 heavy (non-hydrogen) atoms. The fraction of sp³-hybridized carbons (Fsp3) is 1.00. The van der Waals surface area contributed by atoms with Crippen LogP contribution in [0.3, 0.4) is 0 Å². The third kappa shape index (κ3) is 1.80. The highest BCUT2D eigenvalue weighted by molar-refractivity contribution is 7.86. The van der Waals surface area contributed by atoms with Crippen LogP contribution in [0.2, 0.25) is 0 Å². The highest BCUT2D eigenvalue weighted by atomic mass is 32.2. The van der Waals surface area contributed by atoms with Gasteiger partial charge in [-0.05, 0) is 4.53 Å². The summed E-state index contributed by atoms with van der Waals surface area (Å²) < 4.78 is 49.7. The van der Waals surface area contributed by atoms with Crippen LogP contribution in [-0.2, 0) is 10.2 Å². The Kier molecular flexibility index (Phi) is 2.40. The van der Waals surface area contributed by atoms with E-state index < -0.39 is 19.5 Å². The van der Waals surface area contributed by atoms with Crippen LogP contribution in [0, 0.1) is 0 Å². The third-order valence-electron chi connectivity index (χ3n) is 0.492. The predicted octanol–water partition coefficient (Wildman–Crippen LogP) is 0.119. The normalized spacial score (nSPS) is 13.1. The van der Waals surface area contributed by atoms with Crippen molar-refractivity contribution in [2.45, 2.75) is 0 Å². The predicted molar refractivity (Wildman–Crippen MR) is 21.8 cm³/mol. The van der Waals surface area contributed by atoms with Crippen molar-refractivity contribution in [2.24, 2.45) is 0 Å². The molecule has 4 nitrogen and oxygen atoms in total. The van der Waals surface area contributed by atoms with E-state index in [2.05, 4.69) is 0 Å². The number of hydrogen-bond donors (Lipinski definition) is 0. The van der Waals surface area contributed by atoms with Gasteiger partial charge in [0.2, 0.25) is 0 Å². The average molecular weight is 164 g/mol. The second-order valence-electron chi connectivity index (χ2n) is 1.07. The molecular weight excluding hydrogens is 161 g/mol. The summed E-state index contributed by atoms with van der Waals surface area (Å²) in [7, 11) is -4.80. The molecule has 8 heteroatoms. The third-order valence-corrected chi connectivity index (χ3v) is 1.48. The molecule has 0 saturated heterocycles. The summed E-state index contributed by atoms with van der Waals surface area (Å²) in [4.78, 5) is 0. The molecule has 0 rings (SSSR count). The molecule has 0 spiro atoms. The van der Waals surface area contributed by atoms with Crippen molar-refractivity contribution in [3.63, 3.8) is 0 Å². The molecule has 0 fully saturated rings. The van der Waals surface area contributed by atoms with Gasteiger partial charge in [0.15, 0.2) is 4.75 Å². The summed E-state index contributed by atoms with van der Waals surface area (Å²) in [5, 5.41) is 0. The summed E-state index contributed by atoms with van der Waals surface area (Å²) in [5.41, 5.74) is 0. The van der Waals surface area contributed by atoms with Crippen LogP contribution in [0.1, 0.15) is 0 Å². The van der Waals surface area contributed by atoms with Crippen LogP contribution < -0.4 is 0 Å². The van der Waals surface area contributed by atoms with Gasteiger partial charge >= 0.3 is 10.2 Å². The summed E-state index contributed by atoms with van der Waals surface area (Å²) in [5.74, 6) is 0. The van der Waals surface area contributed by atoms with Crippen LogP contribution in [0.25, 0.3) is 0 Å². The van der Waals surface area contributed by atoms with Gasteiger partial charge in [0, 0.05) is 7.05 Å². The van der Waals surface area contributed by atoms with Gasteiger partial charge in [0.05, 0.1) is 0 Å². The van der Waals surface area contributed by atoms with Gasteiger partial charge < -0.3 is 0 Å². The first kappa shape index (κ1) is 8.66. The monoisotopic (exact) mass is 164 g/mol. The van der Waals surface area contributed by atoms with Crippen molar-refractivity contribution in [1.29, 1.82) is 0 Å². The summed E-state index contributed by atoms with van der Waals surface area (Å²) in [6.07, 6.45) is 0. The lowest BCUT2D eigenvalue weighted by molar-refractivity contribution is -0.0676. The standard InChI is InChI=1S/CH3F3N2O2S/c1-5(2)9(7,8)6(3)4/h1H3.